The maximum absolute atomic E-state index is 12.0. The van der Waals surface area contributed by atoms with Crippen molar-refractivity contribution in [3.8, 4) is 5.75 Å². The molecule has 0 aliphatic heterocycles. The van der Waals surface area contributed by atoms with Gasteiger partial charge in [0.2, 0.25) is 0 Å². The van der Waals surface area contributed by atoms with E-state index in [0.717, 1.165) is 31.6 Å². The number of carbonyl (C=O) groups is 1. The maximum Gasteiger partial charge on any atom is 0.133 e. The van der Waals surface area contributed by atoms with Crippen LogP contribution in [0.4, 0.5) is 0 Å². The molecule has 1 aromatic rings. The molecule has 0 aliphatic carbocycles. The Morgan fingerprint density at radius 1 is 1.14 bits per heavy atom. The van der Waals surface area contributed by atoms with E-state index >= 15 is 0 Å². The molecule has 2 N–H and O–H groups in total. The van der Waals surface area contributed by atoms with Crippen molar-refractivity contribution in [2.24, 2.45) is 11.7 Å². The Bertz CT molecular complexity index is 394. The fraction of sp³-hybridized carbons (Fsp3) is 0.611. The van der Waals surface area contributed by atoms with Gasteiger partial charge in [-0.1, -0.05) is 31.9 Å². The molecular weight excluding hydrogens is 262 g/mol. The first-order chi connectivity index (χ1) is 10.2. The number of aryl methyl sites for hydroxylation is 1. The fourth-order valence-corrected chi connectivity index (χ4v) is 2.64. The van der Waals surface area contributed by atoms with E-state index in [1.807, 2.05) is 24.3 Å². The van der Waals surface area contributed by atoms with Crippen molar-refractivity contribution in [1.29, 1.82) is 0 Å². The van der Waals surface area contributed by atoms with E-state index < -0.39 is 0 Å². The largest absolute Gasteiger partial charge is 0.497 e. The maximum atomic E-state index is 12.0. The van der Waals surface area contributed by atoms with Gasteiger partial charge in [-0.25, -0.2) is 0 Å². The van der Waals surface area contributed by atoms with Gasteiger partial charge in [-0.3, -0.25) is 4.79 Å². The molecule has 0 saturated heterocycles. The van der Waals surface area contributed by atoms with Crippen LogP contribution in [0.25, 0.3) is 0 Å². The SMILES string of the molecule is CCCC(CCN)CCC(=O)CCc1ccc(OC)cc1. The summed E-state index contributed by atoms with van der Waals surface area (Å²) in [5.74, 6) is 1.84. The zero-order chi connectivity index (χ0) is 15.5. The second kappa shape index (κ2) is 10.4. The molecule has 1 atom stereocenters. The molecular formula is C18H29NO2. The predicted octanol–water partition coefficient (Wildman–Crippen LogP) is 3.74. The van der Waals surface area contributed by atoms with Gasteiger partial charge < -0.3 is 10.5 Å². The second-order valence-corrected chi connectivity index (χ2v) is 5.66. The summed E-state index contributed by atoms with van der Waals surface area (Å²) in [5.41, 5.74) is 6.82. The number of methoxy groups -OCH3 is 1. The first kappa shape index (κ1) is 17.7. The summed E-state index contributed by atoms with van der Waals surface area (Å²) in [7, 11) is 1.66. The molecule has 118 valence electrons. The number of nitrogens with two attached hydrogens (primary N) is 1. The third kappa shape index (κ3) is 7.28. The zero-order valence-corrected chi connectivity index (χ0v) is 13.4. The minimum atomic E-state index is 0.365. The molecule has 0 bridgehead atoms. The number of Topliss-reactive ketones (excluding diaryl/α,β-unsaturated/α-hetero) is 1. The highest BCUT2D eigenvalue weighted by Gasteiger charge is 2.10. The van der Waals surface area contributed by atoms with Gasteiger partial charge in [0.25, 0.3) is 0 Å². The molecule has 1 aromatic carbocycles. The molecule has 0 fully saturated rings. The Kier molecular flexibility index (Phi) is 8.76. The number of ketones is 1. The van der Waals surface area contributed by atoms with Crippen molar-refractivity contribution in [3.63, 3.8) is 0 Å². The molecule has 1 rings (SSSR count). The van der Waals surface area contributed by atoms with Crippen LogP contribution in [0.1, 0.15) is 51.0 Å². The highest BCUT2D eigenvalue weighted by Crippen LogP contribution is 2.18. The molecule has 0 spiro atoms. The van der Waals surface area contributed by atoms with Crippen LogP contribution < -0.4 is 10.5 Å². The van der Waals surface area contributed by atoms with Crippen LogP contribution in [0.3, 0.4) is 0 Å². The van der Waals surface area contributed by atoms with Crippen LogP contribution in [0.15, 0.2) is 24.3 Å². The van der Waals surface area contributed by atoms with E-state index in [1.165, 1.54) is 18.4 Å². The lowest BCUT2D eigenvalue weighted by molar-refractivity contribution is -0.119. The number of rotatable bonds is 11. The molecule has 1 unspecified atom stereocenters. The van der Waals surface area contributed by atoms with Crippen LogP contribution in [0.2, 0.25) is 0 Å². The number of benzene rings is 1. The standard InChI is InChI=1S/C18H29NO2/c1-3-4-15(13-14-19)5-9-17(20)10-6-16-7-11-18(21-2)12-8-16/h7-8,11-12,15H,3-6,9-10,13-14,19H2,1-2H3. The lowest BCUT2D eigenvalue weighted by Gasteiger charge is -2.14. The van der Waals surface area contributed by atoms with Gasteiger partial charge in [-0.05, 0) is 49.4 Å². The lowest BCUT2D eigenvalue weighted by atomic mass is 9.92. The highest BCUT2D eigenvalue weighted by atomic mass is 16.5. The number of hydrogen-bond donors (Lipinski definition) is 1. The summed E-state index contributed by atoms with van der Waals surface area (Å²) < 4.78 is 5.13. The Labute approximate surface area is 128 Å². The first-order valence-corrected chi connectivity index (χ1v) is 8.04. The summed E-state index contributed by atoms with van der Waals surface area (Å²) in [6.45, 7) is 2.92. The smallest absolute Gasteiger partial charge is 0.133 e. The van der Waals surface area contributed by atoms with Crippen LogP contribution >= 0.6 is 0 Å². The zero-order valence-electron chi connectivity index (χ0n) is 13.4. The highest BCUT2D eigenvalue weighted by molar-refractivity contribution is 5.78. The third-order valence-electron chi connectivity index (χ3n) is 3.95. The summed E-state index contributed by atoms with van der Waals surface area (Å²) in [4.78, 5) is 12.0. The van der Waals surface area contributed by atoms with Crippen molar-refractivity contribution in [1.82, 2.24) is 0 Å². The van der Waals surface area contributed by atoms with Crippen molar-refractivity contribution in [2.45, 2.75) is 51.9 Å². The quantitative estimate of drug-likeness (QED) is 0.675. The fourth-order valence-electron chi connectivity index (χ4n) is 2.64. The molecule has 0 radical (unpaired) electrons. The first-order valence-electron chi connectivity index (χ1n) is 8.04. The van der Waals surface area contributed by atoms with Crippen LogP contribution in [0.5, 0.6) is 5.75 Å². The molecule has 0 heterocycles. The average molecular weight is 291 g/mol. The van der Waals surface area contributed by atoms with Crippen LogP contribution in [-0.2, 0) is 11.2 Å². The van der Waals surface area contributed by atoms with Gasteiger partial charge in [-0.15, -0.1) is 0 Å². The molecule has 3 heteroatoms. The molecule has 3 nitrogen and oxygen atoms in total. The number of hydrogen-bond acceptors (Lipinski definition) is 3. The molecule has 0 aliphatic rings. The van der Waals surface area contributed by atoms with E-state index in [9.17, 15) is 4.79 Å². The van der Waals surface area contributed by atoms with Crippen LogP contribution in [-0.4, -0.2) is 19.4 Å². The van der Waals surface area contributed by atoms with Crippen LogP contribution in [0, 0.1) is 5.92 Å². The van der Waals surface area contributed by atoms with Crippen molar-refractivity contribution in [3.05, 3.63) is 29.8 Å². The topological polar surface area (TPSA) is 52.3 Å². The third-order valence-corrected chi connectivity index (χ3v) is 3.95. The molecule has 21 heavy (non-hydrogen) atoms. The summed E-state index contributed by atoms with van der Waals surface area (Å²) in [5, 5.41) is 0. The number of carbonyl (C=O) groups excluding carboxylic acids is 1. The number of ether oxygens (including phenoxy) is 1. The molecule has 0 amide bonds. The Morgan fingerprint density at radius 2 is 1.86 bits per heavy atom. The minimum absolute atomic E-state index is 0.365. The van der Waals surface area contributed by atoms with Gasteiger partial charge in [0, 0.05) is 12.8 Å². The Balaban J connectivity index is 2.29. The summed E-state index contributed by atoms with van der Waals surface area (Å²) >= 11 is 0. The second-order valence-electron chi connectivity index (χ2n) is 5.66. The average Bonchev–Trinajstić information content (AvgIpc) is 2.51. The molecule has 0 aromatic heterocycles. The van der Waals surface area contributed by atoms with Crippen molar-refractivity contribution < 1.29 is 9.53 Å². The van der Waals surface area contributed by atoms with E-state index in [1.54, 1.807) is 7.11 Å². The van der Waals surface area contributed by atoms with Gasteiger partial charge in [0.05, 0.1) is 7.11 Å². The summed E-state index contributed by atoms with van der Waals surface area (Å²) in [6, 6.07) is 7.94. The van der Waals surface area contributed by atoms with Crippen molar-refractivity contribution >= 4 is 5.78 Å². The van der Waals surface area contributed by atoms with Crippen molar-refractivity contribution in [2.75, 3.05) is 13.7 Å². The lowest BCUT2D eigenvalue weighted by Crippen LogP contribution is -2.11. The summed E-state index contributed by atoms with van der Waals surface area (Å²) in [6.07, 6.45) is 6.53. The minimum Gasteiger partial charge on any atom is -0.497 e. The van der Waals surface area contributed by atoms with E-state index in [-0.39, 0.29) is 0 Å². The van der Waals surface area contributed by atoms with Gasteiger partial charge in [0.15, 0.2) is 0 Å². The Morgan fingerprint density at radius 3 is 2.43 bits per heavy atom. The van der Waals surface area contributed by atoms with E-state index in [0.29, 0.717) is 24.5 Å². The van der Waals surface area contributed by atoms with Gasteiger partial charge in [-0.2, -0.15) is 0 Å². The van der Waals surface area contributed by atoms with Gasteiger partial charge >= 0.3 is 0 Å². The van der Waals surface area contributed by atoms with E-state index in [2.05, 4.69) is 6.92 Å². The Hall–Kier alpha value is -1.35. The van der Waals surface area contributed by atoms with E-state index in [4.69, 9.17) is 10.5 Å². The predicted molar refractivity (Wildman–Crippen MR) is 87.6 cm³/mol. The van der Waals surface area contributed by atoms with Gasteiger partial charge in [0.1, 0.15) is 11.5 Å². The molecule has 0 saturated carbocycles. The normalized spacial score (nSPS) is 12.1. The monoisotopic (exact) mass is 291 g/mol.